The van der Waals surface area contributed by atoms with Crippen molar-refractivity contribution in [1.82, 2.24) is 9.97 Å². The van der Waals surface area contributed by atoms with Gasteiger partial charge in [0.25, 0.3) is 5.56 Å². The summed E-state index contributed by atoms with van der Waals surface area (Å²) in [5.41, 5.74) is 0.0778. The Morgan fingerprint density at radius 3 is 2.50 bits per heavy atom. The minimum absolute atomic E-state index is 0.0398. The third-order valence-corrected chi connectivity index (χ3v) is 3.80. The normalized spacial score (nSPS) is 11.9. The van der Waals surface area contributed by atoms with Gasteiger partial charge >= 0.3 is 6.18 Å². The Hall–Kier alpha value is -2.15. The average Bonchev–Trinajstić information content (AvgIpc) is 2.84. The van der Waals surface area contributed by atoms with Crippen molar-refractivity contribution >= 4 is 21.6 Å². The maximum atomic E-state index is 12.7. The number of hydrogen-bond acceptors (Lipinski definition) is 3. The van der Waals surface area contributed by atoms with E-state index in [1.807, 2.05) is 0 Å². The van der Waals surface area contributed by atoms with Crippen LogP contribution in [0.3, 0.4) is 0 Å². The van der Waals surface area contributed by atoms with Crippen molar-refractivity contribution in [3.05, 3.63) is 51.6 Å². The SMILES string of the molecule is O=c1[nH]c(-c2ccccc2)nc2sc(C(F)(F)F)cc12. The van der Waals surface area contributed by atoms with E-state index >= 15 is 0 Å². The van der Waals surface area contributed by atoms with Crippen LogP contribution in [-0.4, -0.2) is 9.97 Å². The number of rotatable bonds is 1. The molecule has 1 aromatic carbocycles. The Kier molecular flexibility index (Phi) is 2.86. The smallest absolute Gasteiger partial charge is 0.306 e. The van der Waals surface area contributed by atoms with Crippen molar-refractivity contribution in [2.75, 3.05) is 0 Å². The third kappa shape index (κ3) is 2.20. The summed E-state index contributed by atoms with van der Waals surface area (Å²) in [5, 5.41) is -0.0398. The number of aromatic amines is 1. The lowest BCUT2D eigenvalue weighted by atomic mass is 10.2. The quantitative estimate of drug-likeness (QED) is 0.744. The lowest BCUT2D eigenvalue weighted by molar-refractivity contribution is -0.134. The molecule has 3 rings (SSSR count). The maximum absolute atomic E-state index is 12.7. The van der Waals surface area contributed by atoms with E-state index in [9.17, 15) is 18.0 Å². The van der Waals surface area contributed by atoms with Crippen LogP contribution in [-0.2, 0) is 6.18 Å². The summed E-state index contributed by atoms with van der Waals surface area (Å²) in [7, 11) is 0. The zero-order chi connectivity index (χ0) is 14.3. The molecule has 7 heteroatoms. The highest BCUT2D eigenvalue weighted by atomic mass is 32.1. The van der Waals surface area contributed by atoms with E-state index in [1.165, 1.54) is 0 Å². The van der Waals surface area contributed by atoms with Crippen LogP contribution in [0.25, 0.3) is 21.6 Å². The molecule has 0 amide bonds. The standard InChI is InChI=1S/C13H7F3N2OS/c14-13(15,16)9-6-8-11(19)17-10(18-12(8)20-9)7-4-2-1-3-5-7/h1-6H,(H,17,18,19). The second kappa shape index (κ2) is 4.45. The van der Waals surface area contributed by atoms with Gasteiger partial charge < -0.3 is 4.98 Å². The first-order valence-electron chi connectivity index (χ1n) is 5.61. The molecule has 0 saturated carbocycles. The van der Waals surface area contributed by atoms with Gasteiger partial charge in [-0.1, -0.05) is 30.3 Å². The first-order valence-corrected chi connectivity index (χ1v) is 6.43. The van der Waals surface area contributed by atoms with Crippen LogP contribution in [0.4, 0.5) is 13.2 Å². The van der Waals surface area contributed by atoms with Crippen LogP contribution in [0.1, 0.15) is 4.88 Å². The van der Waals surface area contributed by atoms with E-state index in [2.05, 4.69) is 9.97 Å². The van der Waals surface area contributed by atoms with Crippen molar-refractivity contribution in [3.63, 3.8) is 0 Å². The molecule has 0 radical (unpaired) electrons. The zero-order valence-electron chi connectivity index (χ0n) is 9.86. The monoisotopic (exact) mass is 296 g/mol. The summed E-state index contributed by atoms with van der Waals surface area (Å²) in [6, 6.07) is 9.60. The second-order valence-electron chi connectivity index (χ2n) is 4.11. The van der Waals surface area contributed by atoms with Gasteiger partial charge in [0.05, 0.1) is 5.39 Å². The van der Waals surface area contributed by atoms with Gasteiger partial charge in [-0.05, 0) is 6.07 Å². The fourth-order valence-corrected chi connectivity index (χ4v) is 2.70. The summed E-state index contributed by atoms with van der Waals surface area (Å²) in [5.74, 6) is 0.263. The fourth-order valence-electron chi connectivity index (χ4n) is 1.80. The van der Waals surface area contributed by atoms with Crippen molar-refractivity contribution in [2.24, 2.45) is 0 Å². The molecular weight excluding hydrogens is 289 g/mol. The van der Waals surface area contributed by atoms with Gasteiger partial charge in [-0.2, -0.15) is 13.2 Å². The Morgan fingerprint density at radius 1 is 1.15 bits per heavy atom. The summed E-state index contributed by atoms with van der Waals surface area (Å²) >= 11 is 0.471. The van der Waals surface area contributed by atoms with Gasteiger partial charge in [-0.25, -0.2) is 4.98 Å². The molecule has 102 valence electrons. The third-order valence-electron chi connectivity index (χ3n) is 2.73. The highest BCUT2D eigenvalue weighted by Crippen LogP contribution is 2.36. The predicted octanol–water partition coefficient (Wildman–Crippen LogP) is 3.67. The topological polar surface area (TPSA) is 45.8 Å². The van der Waals surface area contributed by atoms with Crippen LogP contribution in [0.2, 0.25) is 0 Å². The molecule has 2 heterocycles. The molecular formula is C13H7F3N2OS. The van der Waals surface area contributed by atoms with E-state index in [0.717, 1.165) is 6.07 Å². The van der Waals surface area contributed by atoms with Crippen molar-refractivity contribution in [3.8, 4) is 11.4 Å². The average molecular weight is 296 g/mol. The minimum Gasteiger partial charge on any atom is -0.306 e. The number of H-pyrrole nitrogens is 1. The molecule has 0 aliphatic rings. The Labute approximate surface area is 114 Å². The summed E-state index contributed by atoms with van der Waals surface area (Å²) in [6.45, 7) is 0. The van der Waals surface area contributed by atoms with Crippen molar-refractivity contribution in [2.45, 2.75) is 6.18 Å². The molecule has 3 nitrogen and oxygen atoms in total. The molecule has 0 saturated heterocycles. The van der Waals surface area contributed by atoms with Crippen LogP contribution >= 0.6 is 11.3 Å². The summed E-state index contributed by atoms with van der Waals surface area (Å²) in [4.78, 5) is 17.7. The number of halogens is 3. The lowest BCUT2D eigenvalue weighted by Crippen LogP contribution is -2.08. The van der Waals surface area contributed by atoms with Gasteiger partial charge in [-0.15, -0.1) is 11.3 Å². The van der Waals surface area contributed by atoms with E-state index in [1.54, 1.807) is 30.3 Å². The molecule has 1 N–H and O–H groups in total. The van der Waals surface area contributed by atoms with Gasteiger partial charge in [0.15, 0.2) is 0 Å². The van der Waals surface area contributed by atoms with E-state index in [4.69, 9.17) is 0 Å². The Bertz CT molecular complexity index is 821. The molecule has 0 fully saturated rings. The molecule has 20 heavy (non-hydrogen) atoms. The Balaban J connectivity index is 2.22. The van der Waals surface area contributed by atoms with E-state index in [0.29, 0.717) is 16.9 Å². The van der Waals surface area contributed by atoms with Gasteiger partial charge in [0.2, 0.25) is 0 Å². The number of fused-ring (bicyclic) bond motifs is 1. The molecule has 0 unspecified atom stereocenters. The predicted molar refractivity (Wildman–Crippen MR) is 70.7 cm³/mol. The first-order chi connectivity index (χ1) is 9.45. The molecule has 2 aromatic heterocycles. The van der Waals surface area contributed by atoms with Gasteiger partial charge in [-0.3, -0.25) is 4.79 Å². The van der Waals surface area contributed by atoms with Crippen LogP contribution in [0, 0.1) is 0 Å². The van der Waals surface area contributed by atoms with Crippen LogP contribution in [0.5, 0.6) is 0 Å². The number of hydrogen-bond donors (Lipinski definition) is 1. The largest absolute Gasteiger partial charge is 0.425 e. The summed E-state index contributed by atoms with van der Waals surface area (Å²) < 4.78 is 38.0. The van der Waals surface area contributed by atoms with E-state index < -0.39 is 16.6 Å². The first kappa shape index (κ1) is 12.9. The van der Waals surface area contributed by atoms with Gasteiger partial charge in [0, 0.05) is 5.56 Å². The number of nitrogens with zero attached hydrogens (tertiary/aromatic N) is 1. The molecule has 3 aromatic rings. The second-order valence-corrected chi connectivity index (χ2v) is 5.14. The number of alkyl halides is 3. The molecule has 0 atom stereocenters. The van der Waals surface area contributed by atoms with Crippen LogP contribution in [0.15, 0.2) is 41.2 Å². The number of thiophene rings is 1. The van der Waals surface area contributed by atoms with Crippen LogP contribution < -0.4 is 5.56 Å². The zero-order valence-corrected chi connectivity index (χ0v) is 10.7. The molecule has 0 spiro atoms. The lowest BCUT2D eigenvalue weighted by Gasteiger charge is -2.00. The summed E-state index contributed by atoms with van der Waals surface area (Å²) in [6.07, 6.45) is -4.47. The fraction of sp³-hybridized carbons (Fsp3) is 0.0769. The van der Waals surface area contributed by atoms with Crippen molar-refractivity contribution < 1.29 is 13.2 Å². The van der Waals surface area contributed by atoms with Crippen molar-refractivity contribution in [1.29, 1.82) is 0 Å². The van der Waals surface area contributed by atoms with Gasteiger partial charge in [0.1, 0.15) is 15.5 Å². The Morgan fingerprint density at radius 2 is 1.85 bits per heavy atom. The highest BCUT2D eigenvalue weighted by molar-refractivity contribution is 7.18. The highest BCUT2D eigenvalue weighted by Gasteiger charge is 2.33. The minimum atomic E-state index is -4.47. The number of aromatic nitrogens is 2. The molecule has 0 aliphatic heterocycles. The number of nitrogens with one attached hydrogen (secondary N) is 1. The van der Waals surface area contributed by atoms with E-state index in [-0.39, 0.29) is 16.0 Å². The maximum Gasteiger partial charge on any atom is 0.425 e. The molecule has 0 bridgehead atoms. The number of benzene rings is 1. The molecule has 0 aliphatic carbocycles.